The molecule has 69 heavy (non-hydrogen) atoms. The first-order valence-corrected chi connectivity index (χ1v) is 26.5. The lowest BCUT2D eigenvalue weighted by Crippen LogP contribution is -2.53. The number of fused-ring (bicyclic) bond motifs is 1. The van der Waals surface area contributed by atoms with E-state index < -0.39 is 48.0 Å². The van der Waals surface area contributed by atoms with Gasteiger partial charge in [0.15, 0.2) is 0 Å². The number of pyridine rings is 1. The van der Waals surface area contributed by atoms with Gasteiger partial charge in [0, 0.05) is 37.3 Å². The number of aliphatic carboxylic acids is 2. The third-order valence-electron chi connectivity index (χ3n) is 16.4. The summed E-state index contributed by atoms with van der Waals surface area (Å²) in [5.41, 5.74) is 5.74. The molecule has 0 radical (unpaired) electrons. The Morgan fingerprint density at radius 2 is 1.51 bits per heavy atom. The average molecular weight is 969 g/mol. The Morgan fingerprint density at radius 1 is 0.841 bits per heavy atom. The lowest BCUT2D eigenvalue weighted by molar-refractivity contribution is -0.151. The highest BCUT2D eigenvalue weighted by Gasteiger charge is 2.58. The van der Waals surface area contributed by atoms with E-state index in [0.29, 0.717) is 6.42 Å². The van der Waals surface area contributed by atoms with Gasteiger partial charge in [0.05, 0.1) is 5.25 Å². The van der Waals surface area contributed by atoms with Crippen LogP contribution in [0.15, 0.2) is 77.3 Å². The number of ether oxygens (including phenoxy) is 1. The summed E-state index contributed by atoms with van der Waals surface area (Å²) in [4.78, 5) is 71.1. The van der Waals surface area contributed by atoms with Gasteiger partial charge < -0.3 is 41.3 Å². The molecule has 2 saturated carbocycles. The van der Waals surface area contributed by atoms with E-state index in [9.17, 15) is 34.5 Å². The Bertz CT molecular complexity index is 2210. The number of aliphatic hydroxyl groups excluding tert-OH is 1. The number of aliphatic hydroxyl groups is 1. The summed E-state index contributed by atoms with van der Waals surface area (Å²) in [7, 11) is 1.66. The molecule has 2 aliphatic heterocycles. The molecule has 1 saturated heterocycles. The molecule has 15 nitrogen and oxygen atoms in total. The quantitative estimate of drug-likeness (QED) is 0.0475. The zero-order valence-corrected chi connectivity index (χ0v) is 40.8. The van der Waals surface area contributed by atoms with Crippen LogP contribution in [-0.2, 0) is 41.6 Å². The lowest BCUT2D eigenvalue weighted by atomic mass is 9.56. The highest BCUT2D eigenvalue weighted by atomic mass is 32.2. The van der Waals surface area contributed by atoms with Crippen LogP contribution in [-0.4, -0.2) is 106 Å². The first kappa shape index (κ1) is 50.8. The molecule has 8 rings (SSSR count). The zero-order chi connectivity index (χ0) is 48.5. The minimum absolute atomic E-state index is 0.00911. The van der Waals surface area contributed by atoms with Gasteiger partial charge in [-0.3, -0.25) is 29.5 Å². The number of carboxylic acids is 2. The third-order valence-corrected chi connectivity index (χ3v) is 18.0. The van der Waals surface area contributed by atoms with Crippen molar-refractivity contribution in [2.75, 3.05) is 26.0 Å². The molecule has 374 valence electrons. The SMILES string of the molecule is CNCNC(CCC(=O)NC(CSC1C2=C3C(C(=O)O2)C(C2NCCCC2Cc2ccccc2)=C(Cc2ccncc2)CC3C2(CCCC2)CCCCC12CCCC2)C(=O)NC(O)C(=O)O)C(=O)O. The summed E-state index contributed by atoms with van der Waals surface area (Å²) in [6.45, 7) is 1.05. The van der Waals surface area contributed by atoms with Crippen molar-refractivity contribution in [1.82, 2.24) is 31.6 Å². The molecular weight excluding hydrogens is 897 g/mol. The largest absolute Gasteiger partial charge is 0.480 e. The number of rotatable bonds is 19. The molecular formula is C53H72N6O9S. The monoisotopic (exact) mass is 969 g/mol. The standard InChI is InChI=1S/C53H72N6O9S/c1-54-32-57-38(49(63)64)15-16-40(60)58-39(47(61)59-48(62)50(65)66)31-69-46-45-42-37(52(19-5-6-20-52)21-7-8-22-53(46)23-9-10-24-53)30-36(29-34-17-26-55-27-18-34)41(43(42)51(67)68-45)44-35(14-11-25-56-44)28-33-12-3-2-4-13-33/h2-4,12-13,17-18,26-27,35,37-39,43-44,46,48,54,56-57,62H,5-11,14-16,19-25,28-32H2,1H3,(H,58,60)(H,59,61)(H,63,64)(H,65,66). The summed E-state index contributed by atoms with van der Waals surface area (Å²) in [5.74, 6) is -4.04. The van der Waals surface area contributed by atoms with Gasteiger partial charge in [-0.1, -0.05) is 74.4 Å². The summed E-state index contributed by atoms with van der Waals surface area (Å²) in [5, 5.41) is 43.9. The number of carbonyl (C=O) groups excluding carboxylic acids is 3. The minimum atomic E-state index is -2.21. The van der Waals surface area contributed by atoms with Crippen molar-refractivity contribution >= 4 is 41.5 Å². The fraction of sp³-hybridized carbons (Fsp3) is 0.623. The number of hydrogen-bond acceptors (Lipinski definition) is 12. The van der Waals surface area contributed by atoms with Gasteiger partial charge >= 0.3 is 17.9 Å². The minimum Gasteiger partial charge on any atom is -0.480 e. The second-order valence-corrected chi connectivity index (χ2v) is 21.8. The van der Waals surface area contributed by atoms with E-state index in [4.69, 9.17) is 4.74 Å². The number of benzene rings is 1. The van der Waals surface area contributed by atoms with Gasteiger partial charge in [-0.05, 0) is 148 Å². The van der Waals surface area contributed by atoms with Gasteiger partial charge in [0.25, 0.3) is 0 Å². The Balaban J connectivity index is 1.22. The Labute approximate surface area is 410 Å². The number of amides is 2. The Hall–Kier alpha value is -4.61. The molecule has 6 aliphatic rings. The molecule has 4 aliphatic carbocycles. The van der Waals surface area contributed by atoms with Crippen LogP contribution in [0.5, 0.6) is 0 Å². The number of carbonyl (C=O) groups is 5. The third kappa shape index (κ3) is 11.6. The van der Waals surface area contributed by atoms with Crippen LogP contribution in [0.25, 0.3) is 0 Å². The van der Waals surface area contributed by atoms with Gasteiger partial charge in [0.2, 0.25) is 18.0 Å². The molecule has 2 aromatic rings. The molecule has 1 aromatic heterocycles. The van der Waals surface area contributed by atoms with Gasteiger partial charge in [-0.2, -0.15) is 0 Å². The highest BCUT2D eigenvalue weighted by molar-refractivity contribution is 8.00. The maximum Gasteiger partial charge on any atom is 0.353 e. The van der Waals surface area contributed by atoms with E-state index in [1.807, 2.05) is 18.5 Å². The summed E-state index contributed by atoms with van der Waals surface area (Å²) in [6.07, 6.45) is 18.1. The maximum atomic E-state index is 15.4. The van der Waals surface area contributed by atoms with Crippen LogP contribution < -0.4 is 26.6 Å². The van der Waals surface area contributed by atoms with E-state index >= 15 is 4.79 Å². The topological polar surface area (TPSA) is 228 Å². The number of hydrogen-bond donors (Lipinski definition) is 8. The lowest BCUT2D eigenvalue weighted by Gasteiger charge is -2.48. The fourth-order valence-corrected chi connectivity index (χ4v) is 14.8. The van der Waals surface area contributed by atoms with Gasteiger partial charge in [-0.15, -0.1) is 11.8 Å². The van der Waals surface area contributed by atoms with E-state index in [0.717, 1.165) is 132 Å². The van der Waals surface area contributed by atoms with Crippen LogP contribution in [0, 0.1) is 28.6 Å². The van der Waals surface area contributed by atoms with E-state index in [1.165, 1.54) is 22.9 Å². The molecule has 16 heteroatoms. The Kier molecular flexibility index (Phi) is 17.0. The first-order chi connectivity index (χ1) is 33.4. The van der Waals surface area contributed by atoms with Crippen molar-refractivity contribution in [3.05, 3.63) is 88.5 Å². The van der Waals surface area contributed by atoms with Gasteiger partial charge in [0.1, 0.15) is 23.8 Å². The predicted molar refractivity (Wildman–Crippen MR) is 262 cm³/mol. The summed E-state index contributed by atoms with van der Waals surface area (Å²) >= 11 is 1.48. The summed E-state index contributed by atoms with van der Waals surface area (Å²) < 4.78 is 6.95. The van der Waals surface area contributed by atoms with Gasteiger partial charge in [-0.25, -0.2) is 4.79 Å². The number of thioether (sulfide) groups is 1. The van der Waals surface area contributed by atoms with E-state index in [1.54, 1.807) is 7.05 Å². The van der Waals surface area contributed by atoms with Crippen LogP contribution in [0.2, 0.25) is 0 Å². The smallest absolute Gasteiger partial charge is 0.353 e. The molecule has 2 amide bonds. The van der Waals surface area contributed by atoms with E-state index in [-0.39, 0.29) is 65.2 Å². The average Bonchev–Trinajstić information content (AvgIpc) is 4.11. The van der Waals surface area contributed by atoms with Crippen LogP contribution in [0.3, 0.4) is 0 Å². The molecule has 3 heterocycles. The van der Waals surface area contributed by atoms with Crippen LogP contribution in [0.4, 0.5) is 0 Å². The fourth-order valence-electron chi connectivity index (χ4n) is 13.2. The number of nitrogens with one attached hydrogen (secondary N) is 5. The maximum absolute atomic E-state index is 15.4. The number of aromatic nitrogens is 1. The molecule has 1 aromatic carbocycles. The van der Waals surface area contributed by atoms with Crippen LogP contribution in [0.1, 0.15) is 120 Å². The van der Waals surface area contributed by atoms with Crippen molar-refractivity contribution in [2.24, 2.45) is 28.6 Å². The van der Waals surface area contributed by atoms with Crippen molar-refractivity contribution < 1.29 is 44.0 Å². The first-order valence-electron chi connectivity index (χ1n) is 25.5. The van der Waals surface area contributed by atoms with Crippen molar-refractivity contribution in [2.45, 2.75) is 152 Å². The normalized spacial score (nSPS) is 26.5. The number of allylic oxidation sites excluding steroid dienone is 1. The van der Waals surface area contributed by atoms with Crippen molar-refractivity contribution in [3.63, 3.8) is 0 Å². The number of esters is 1. The second-order valence-electron chi connectivity index (χ2n) is 20.6. The molecule has 8 unspecified atom stereocenters. The van der Waals surface area contributed by atoms with Crippen molar-refractivity contribution in [3.8, 4) is 0 Å². The molecule has 8 atom stereocenters. The van der Waals surface area contributed by atoms with E-state index in [2.05, 4.69) is 68.0 Å². The molecule has 8 N–H and O–H groups in total. The number of piperidine rings is 1. The second kappa shape index (κ2) is 23.1. The number of carboxylic acid groups (broad SMARTS) is 2. The number of nitrogens with zero attached hydrogens (tertiary/aromatic N) is 1. The highest BCUT2D eigenvalue weighted by Crippen LogP contribution is 2.63. The molecule has 3 fully saturated rings. The van der Waals surface area contributed by atoms with Crippen molar-refractivity contribution in [1.29, 1.82) is 0 Å². The Morgan fingerprint density at radius 3 is 2.14 bits per heavy atom. The van der Waals surface area contributed by atoms with Crippen LogP contribution >= 0.6 is 11.8 Å². The molecule has 0 bridgehead atoms. The molecule has 2 spiro atoms. The predicted octanol–water partition coefficient (Wildman–Crippen LogP) is 5.78. The summed E-state index contributed by atoms with van der Waals surface area (Å²) in [6, 6.07) is 12.4. The zero-order valence-electron chi connectivity index (χ0n) is 40.0.